The van der Waals surface area contributed by atoms with E-state index in [0.29, 0.717) is 0 Å². The van der Waals surface area contributed by atoms with Gasteiger partial charge in [-0.3, -0.25) is 0 Å². The molecule has 14 heteroatoms. The molecule has 0 radical (unpaired) electrons. The minimum Gasteiger partial charge on any atom is -0.432 e. The predicted octanol–water partition coefficient (Wildman–Crippen LogP) is 0.626. The van der Waals surface area contributed by atoms with Crippen LogP contribution in [0.4, 0.5) is 26.3 Å². The van der Waals surface area contributed by atoms with E-state index in [4.69, 9.17) is 0 Å². The van der Waals surface area contributed by atoms with Gasteiger partial charge in [0.15, 0.2) is 0 Å². The van der Waals surface area contributed by atoms with E-state index in [1.165, 1.54) is 0 Å². The maximum Gasteiger partial charge on any atom is 0.501 e. The third-order valence-corrected chi connectivity index (χ3v) is 4.26. The molecule has 1 rings (SSSR count). The minimum absolute atomic E-state index is 0.221. The number of nitrogens with zero attached hydrogens (tertiary/aromatic N) is 2. The van der Waals surface area contributed by atoms with Crippen LogP contribution in [-0.4, -0.2) is 32.8 Å². The highest BCUT2D eigenvalue weighted by Crippen LogP contribution is 2.32. The van der Waals surface area contributed by atoms with Gasteiger partial charge < -0.3 is 9.97 Å². The van der Waals surface area contributed by atoms with Gasteiger partial charge in [-0.05, 0) is 0 Å². The number of halogens is 6. The van der Waals surface area contributed by atoms with Gasteiger partial charge in [0.1, 0.15) is 0 Å². The first-order chi connectivity index (χ1) is 8.21. The van der Waals surface area contributed by atoms with Crippen LogP contribution in [0, 0.1) is 0 Å². The van der Waals surface area contributed by atoms with Gasteiger partial charge in [0, 0.05) is 5.16 Å². The molecule has 0 saturated carbocycles. The summed E-state index contributed by atoms with van der Waals surface area (Å²) in [5.41, 5.74) is -11.7. The molecule has 1 aromatic rings. The normalized spacial score (nSPS) is 14.6. The van der Waals surface area contributed by atoms with Gasteiger partial charge in [-0.1, -0.05) is 6.20 Å². The molecule has 0 amide bonds. The summed E-state index contributed by atoms with van der Waals surface area (Å²) in [6, 6.07) is 0. The lowest BCUT2D eigenvalue weighted by molar-refractivity contribution is -0.0441. The molecule has 0 aliphatic heterocycles. The van der Waals surface area contributed by atoms with E-state index >= 15 is 0 Å². The molecule has 0 bridgehead atoms. The molecule has 1 aromatic heterocycles. The van der Waals surface area contributed by atoms with Crippen molar-refractivity contribution in [2.75, 3.05) is 0 Å². The van der Waals surface area contributed by atoms with Crippen LogP contribution in [0.15, 0.2) is 16.4 Å². The van der Waals surface area contributed by atoms with Gasteiger partial charge >= 0.3 is 11.0 Å². The first kappa shape index (κ1) is 15.7. The molecule has 0 fully saturated rings. The van der Waals surface area contributed by atoms with E-state index in [1.54, 1.807) is 0 Å². The van der Waals surface area contributed by atoms with Crippen LogP contribution in [0.2, 0.25) is 0 Å². The van der Waals surface area contributed by atoms with Crippen molar-refractivity contribution in [3.05, 3.63) is 6.20 Å². The summed E-state index contributed by atoms with van der Waals surface area (Å²) in [4.78, 5) is 4.70. The van der Waals surface area contributed by atoms with Gasteiger partial charge in [0.2, 0.25) is 0 Å². The summed E-state index contributed by atoms with van der Waals surface area (Å²) >= 11 is 0. The zero-order valence-electron chi connectivity index (χ0n) is 8.19. The summed E-state index contributed by atoms with van der Waals surface area (Å²) in [5.74, 6) is 0. The molecular weight excluding hydrogens is 330 g/mol. The maximum atomic E-state index is 12.0. The molecule has 0 N–H and O–H groups in total. The van der Waals surface area contributed by atoms with Crippen LogP contribution in [0.3, 0.4) is 0 Å². The summed E-state index contributed by atoms with van der Waals surface area (Å²) in [5, 5.41) is -3.99. The molecule has 19 heavy (non-hydrogen) atoms. The van der Waals surface area contributed by atoms with Gasteiger partial charge in [-0.2, -0.15) is 26.3 Å². The average molecular weight is 331 g/mol. The molecule has 0 atom stereocenters. The average Bonchev–Trinajstić information content (AvgIpc) is 2.62. The molecule has 0 unspecified atom stereocenters. The highest BCUT2D eigenvalue weighted by Gasteiger charge is 2.48. The second-order valence-corrected chi connectivity index (χ2v) is 6.61. The molecule has 0 spiro atoms. The number of sulfone groups is 2. The van der Waals surface area contributed by atoms with Crippen molar-refractivity contribution in [1.29, 1.82) is 0 Å². The smallest absolute Gasteiger partial charge is 0.432 e. The lowest BCUT2D eigenvalue weighted by atomic mass is 11.0. The van der Waals surface area contributed by atoms with E-state index in [-0.39, 0.29) is 6.20 Å². The molecule has 0 saturated heterocycles. The fourth-order valence-corrected chi connectivity index (χ4v) is 2.05. The number of aromatic nitrogens is 2. The Morgan fingerprint density at radius 1 is 0.895 bits per heavy atom. The monoisotopic (exact) mass is 331 g/mol. The highest BCUT2D eigenvalue weighted by atomic mass is 32.2. The lowest BCUT2D eigenvalue weighted by Crippen LogP contribution is -2.26. The van der Waals surface area contributed by atoms with E-state index < -0.39 is 40.9 Å². The Morgan fingerprint density at radius 3 is 1.68 bits per heavy atom. The number of alkyl halides is 6. The largest absolute Gasteiger partial charge is 0.501 e. The molecule has 0 aromatic carbocycles. The van der Waals surface area contributed by atoms with Crippen molar-refractivity contribution in [2.24, 2.45) is 0 Å². The SMILES string of the molecule is O=S(=O)(c1c[n-]c(S(=O)(=O)C(F)(F)F)n1)C(F)(F)F. The minimum atomic E-state index is -6.12. The Kier molecular flexibility index (Phi) is 3.39. The van der Waals surface area contributed by atoms with Crippen molar-refractivity contribution < 1.29 is 43.2 Å². The third-order valence-electron chi connectivity index (χ3n) is 1.62. The van der Waals surface area contributed by atoms with Crippen molar-refractivity contribution >= 4 is 19.7 Å². The van der Waals surface area contributed by atoms with E-state index in [1.807, 2.05) is 0 Å². The summed E-state index contributed by atoms with van der Waals surface area (Å²) < 4.78 is 115. The first-order valence-corrected chi connectivity index (χ1v) is 6.80. The van der Waals surface area contributed by atoms with Crippen molar-refractivity contribution in [1.82, 2.24) is 9.97 Å². The number of rotatable bonds is 2. The van der Waals surface area contributed by atoms with Crippen LogP contribution in [-0.2, 0) is 19.7 Å². The maximum absolute atomic E-state index is 12.0. The Balaban J connectivity index is 3.39. The molecule has 110 valence electrons. The molecule has 6 nitrogen and oxygen atoms in total. The number of hydrogen-bond acceptors (Lipinski definition) is 5. The zero-order valence-corrected chi connectivity index (χ0v) is 9.82. The van der Waals surface area contributed by atoms with Crippen molar-refractivity contribution in [3.8, 4) is 0 Å². The van der Waals surface area contributed by atoms with Crippen molar-refractivity contribution in [3.63, 3.8) is 0 Å². The summed E-state index contributed by atoms with van der Waals surface area (Å²) in [6.45, 7) is 0. The van der Waals surface area contributed by atoms with Crippen LogP contribution in [0.1, 0.15) is 0 Å². The number of hydrogen-bond donors (Lipinski definition) is 0. The second kappa shape index (κ2) is 4.09. The predicted molar refractivity (Wildman–Crippen MR) is 44.0 cm³/mol. The molecule has 1 heterocycles. The second-order valence-electron chi connectivity index (χ2n) is 2.89. The topological polar surface area (TPSA) is 95.3 Å². The fourth-order valence-electron chi connectivity index (χ4n) is 0.743. The van der Waals surface area contributed by atoms with E-state index in [2.05, 4.69) is 9.97 Å². The molecular formula is C5HF6N2O4S2-. The third kappa shape index (κ3) is 2.54. The Morgan fingerprint density at radius 2 is 1.32 bits per heavy atom. The Labute approximate surface area is 101 Å². The van der Waals surface area contributed by atoms with Crippen LogP contribution in [0.5, 0.6) is 0 Å². The highest BCUT2D eigenvalue weighted by molar-refractivity contribution is 7.92. The van der Waals surface area contributed by atoms with Crippen LogP contribution >= 0.6 is 0 Å². The summed E-state index contributed by atoms with van der Waals surface area (Å²) in [6.07, 6.45) is -0.221. The summed E-state index contributed by atoms with van der Waals surface area (Å²) in [7, 11) is -12.2. The standard InChI is InChI=1S/C5HF6N2O4S2/c6-4(7,8)18(14,15)2-1-12-3(13-2)19(16,17)5(9,10)11/h1H/q-1. The van der Waals surface area contributed by atoms with E-state index in [0.717, 1.165) is 0 Å². The van der Waals surface area contributed by atoms with Gasteiger partial charge in [-0.25, -0.2) is 16.8 Å². The quantitative estimate of drug-likeness (QED) is 0.738. The van der Waals surface area contributed by atoms with Gasteiger partial charge in [0.05, 0.1) is 5.03 Å². The van der Waals surface area contributed by atoms with Crippen LogP contribution < -0.4 is 4.98 Å². The van der Waals surface area contributed by atoms with Crippen molar-refractivity contribution in [2.45, 2.75) is 21.2 Å². The molecule has 0 aliphatic rings. The zero-order chi connectivity index (χ0) is 15.3. The van der Waals surface area contributed by atoms with Gasteiger partial charge in [-0.15, -0.1) is 0 Å². The Hall–Kier alpha value is -1.31. The fraction of sp³-hybridized carbons (Fsp3) is 0.400. The lowest BCUT2D eigenvalue weighted by Gasteiger charge is -2.10. The first-order valence-electron chi connectivity index (χ1n) is 3.83. The number of imidazole rings is 1. The van der Waals surface area contributed by atoms with Gasteiger partial charge in [0.25, 0.3) is 19.7 Å². The van der Waals surface area contributed by atoms with E-state index in [9.17, 15) is 43.2 Å². The molecule has 0 aliphatic carbocycles. The Bertz CT molecular complexity index is 623. The van der Waals surface area contributed by atoms with Crippen LogP contribution in [0.25, 0.3) is 0 Å².